The molecule has 5 heteroatoms. The van der Waals surface area contributed by atoms with Gasteiger partial charge >= 0.3 is 4.84 Å². The number of hydrogen-bond acceptors (Lipinski definition) is 4. The number of nitrogens with zero attached hydrogens (tertiary/aromatic N) is 1. The van der Waals surface area contributed by atoms with Crippen molar-refractivity contribution in [2.24, 2.45) is 0 Å². The van der Waals surface area contributed by atoms with E-state index in [1.54, 1.807) is 0 Å². The van der Waals surface area contributed by atoms with Crippen LogP contribution in [0.1, 0.15) is 23.7 Å². The van der Waals surface area contributed by atoms with E-state index < -0.39 is 0 Å². The summed E-state index contributed by atoms with van der Waals surface area (Å²) in [6.07, 6.45) is 0.884. The molecule has 1 N–H and O–H groups in total. The predicted octanol–water partition coefficient (Wildman–Crippen LogP) is 2.65. The predicted molar refractivity (Wildman–Crippen MR) is 60.1 cm³/mol. The number of rotatable bonds is 1. The zero-order chi connectivity index (χ0) is 11.0. The highest BCUT2D eigenvalue weighted by molar-refractivity contribution is 7.71. The maximum Gasteiger partial charge on any atom is 0.314 e. The molecule has 0 saturated heterocycles. The van der Waals surface area contributed by atoms with Gasteiger partial charge in [-0.15, -0.1) is 0 Å². The molecule has 3 rings (SSSR count). The first-order valence-electron chi connectivity index (χ1n) is 5.12. The summed E-state index contributed by atoms with van der Waals surface area (Å²) in [5, 5.41) is 2.77. The molecule has 0 aliphatic carbocycles. The van der Waals surface area contributed by atoms with E-state index in [1.165, 1.54) is 0 Å². The van der Waals surface area contributed by atoms with Gasteiger partial charge in [0.25, 0.3) is 0 Å². The molecule has 0 saturated carbocycles. The van der Waals surface area contributed by atoms with Crippen LogP contribution in [0.15, 0.2) is 28.8 Å². The Kier molecular flexibility index (Phi) is 2.25. The summed E-state index contributed by atoms with van der Waals surface area (Å²) in [4.78, 5) is 4.42. The summed E-state index contributed by atoms with van der Waals surface area (Å²) in [6, 6.07) is 7.97. The van der Waals surface area contributed by atoms with Gasteiger partial charge in [0.15, 0.2) is 0 Å². The van der Waals surface area contributed by atoms with Gasteiger partial charge in [0.05, 0.1) is 12.5 Å². The molecule has 1 atom stereocenters. The number of aromatic amines is 1. The van der Waals surface area contributed by atoms with Crippen molar-refractivity contribution in [2.45, 2.75) is 12.3 Å². The summed E-state index contributed by atoms with van der Waals surface area (Å²) >= 11 is 4.86. The van der Waals surface area contributed by atoms with Crippen LogP contribution in [0.4, 0.5) is 0 Å². The lowest BCUT2D eigenvalue weighted by atomic mass is 9.93. The van der Waals surface area contributed by atoms with Crippen LogP contribution in [-0.4, -0.2) is 16.7 Å². The normalized spacial score (nSPS) is 18.9. The van der Waals surface area contributed by atoms with Gasteiger partial charge < -0.3 is 9.26 Å². The van der Waals surface area contributed by atoms with E-state index in [1.807, 2.05) is 24.3 Å². The van der Waals surface area contributed by atoms with Gasteiger partial charge in [0.1, 0.15) is 11.6 Å². The fraction of sp³-hybridized carbons (Fsp3) is 0.273. The number of ether oxygens (including phenoxy) is 1. The number of benzene rings is 1. The molecule has 0 amide bonds. The summed E-state index contributed by atoms with van der Waals surface area (Å²) < 4.78 is 10.6. The second kappa shape index (κ2) is 3.75. The van der Waals surface area contributed by atoms with Crippen molar-refractivity contribution in [1.29, 1.82) is 0 Å². The van der Waals surface area contributed by atoms with Crippen LogP contribution in [-0.2, 0) is 0 Å². The molecule has 2 heterocycles. The van der Waals surface area contributed by atoms with Crippen LogP contribution in [0.2, 0.25) is 0 Å². The van der Waals surface area contributed by atoms with Crippen LogP contribution in [0.3, 0.4) is 0 Å². The lowest BCUT2D eigenvalue weighted by Crippen LogP contribution is -2.16. The third-order valence-electron chi connectivity index (χ3n) is 2.74. The van der Waals surface area contributed by atoms with Crippen molar-refractivity contribution < 1.29 is 9.26 Å². The highest BCUT2D eigenvalue weighted by Gasteiger charge is 2.25. The highest BCUT2D eigenvalue weighted by Crippen LogP contribution is 2.36. The lowest BCUT2D eigenvalue weighted by Gasteiger charge is -2.23. The zero-order valence-electron chi connectivity index (χ0n) is 8.47. The summed E-state index contributed by atoms with van der Waals surface area (Å²) in [5.41, 5.74) is 1.13. The first-order valence-corrected chi connectivity index (χ1v) is 5.52. The van der Waals surface area contributed by atoms with Gasteiger partial charge in [-0.05, 0) is 24.7 Å². The van der Waals surface area contributed by atoms with E-state index >= 15 is 0 Å². The van der Waals surface area contributed by atoms with E-state index in [-0.39, 0.29) is 10.8 Å². The summed E-state index contributed by atoms with van der Waals surface area (Å²) in [6.45, 7) is 0.690. The molecule has 0 fully saturated rings. The van der Waals surface area contributed by atoms with Gasteiger partial charge in [0.2, 0.25) is 0 Å². The Labute approximate surface area is 97.2 Å². The molecule has 0 radical (unpaired) electrons. The minimum atomic E-state index is 0.186. The molecule has 2 aromatic rings. The molecule has 1 unspecified atom stereocenters. The van der Waals surface area contributed by atoms with Crippen molar-refractivity contribution in [2.75, 3.05) is 6.61 Å². The maximum absolute atomic E-state index is 5.58. The number of hydrogen-bond donors (Lipinski definition) is 1. The smallest absolute Gasteiger partial charge is 0.314 e. The fourth-order valence-corrected chi connectivity index (χ4v) is 2.16. The van der Waals surface area contributed by atoms with E-state index in [0.29, 0.717) is 6.61 Å². The average molecular weight is 234 g/mol. The Morgan fingerprint density at radius 3 is 3.06 bits per heavy atom. The first kappa shape index (κ1) is 9.59. The highest BCUT2D eigenvalue weighted by atomic mass is 32.1. The Balaban J connectivity index is 2.08. The quantitative estimate of drug-likeness (QED) is 0.771. The number of nitrogens with one attached hydrogen (secondary N) is 1. The van der Waals surface area contributed by atoms with Crippen molar-refractivity contribution in [1.82, 2.24) is 10.1 Å². The Hall–Kier alpha value is -1.62. The van der Waals surface area contributed by atoms with Gasteiger partial charge in [-0.25, -0.2) is 5.16 Å². The van der Waals surface area contributed by atoms with Gasteiger partial charge in [-0.2, -0.15) is 4.98 Å². The number of para-hydroxylation sites is 1. The topological polar surface area (TPSA) is 51.0 Å². The molecule has 16 heavy (non-hydrogen) atoms. The molecule has 0 spiro atoms. The van der Waals surface area contributed by atoms with Gasteiger partial charge in [-0.1, -0.05) is 18.2 Å². The minimum absolute atomic E-state index is 0.186. The number of aromatic nitrogens is 2. The van der Waals surface area contributed by atoms with Crippen LogP contribution < -0.4 is 4.74 Å². The average Bonchev–Trinajstić information content (AvgIpc) is 2.75. The van der Waals surface area contributed by atoms with Crippen LogP contribution in [0, 0.1) is 4.84 Å². The van der Waals surface area contributed by atoms with Crippen LogP contribution in [0.5, 0.6) is 5.75 Å². The fourth-order valence-electron chi connectivity index (χ4n) is 2.02. The Morgan fingerprint density at radius 1 is 1.38 bits per heavy atom. The SMILES string of the molecule is S=c1nc(C2CCOc3ccccc32)[nH]o1. The van der Waals surface area contributed by atoms with E-state index in [2.05, 4.69) is 10.1 Å². The summed E-state index contributed by atoms with van der Waals surface area (Å²) in [5.74, 6) is 1.88. The lowest BCUT2D eigenvalue weighted by molar-refractivity contribution is 0.272. The summed E-state index contributed by atoms with van der Waals surface area (Å²) in [7, 11) is 0. The second-order valence-electron chi connectivity index (χ2n) is 3.69. The number of fused-ring (bicyclic) bond motifs is 1. The van der Waals surface area contributed by atoms with Crippen molar-refractivity contribution in [3.05, 3.63) is 40.5 Å². The molecular formula is C11H10N2O2S. The van der Waals surface area contributed by atoms with Crippen molar-refractivity contribution >= 4 is 12.2 Å². The third kappa shape index (κ3) is 1.53. The Morgan fingerprint density at radius 2 is 2.25 bits per heavy atom. The maximum atomic E-state index is 5.58. The van der Waals surface area contributed by atoms with Gasteiger partial charge in [-0.3, -0.25) is 0 Å². The Bertz CT molecular complexity index is 561. The number of H-pyrrole nitrogens is 1. The minimum Gasteiger partial charge on any atom is -0.493 e. The largest absolute Gasteiger partial charge is 0.493 e. The third-order valence-corrected chi connectivity index (χ3v) is 2.92. The molecule has 4 nitrogen and oxygen atoms in total. The van der Waals surface area contributed by atoms with Crippen LogP contribution in [0.25, 0.3) is 0 Å². The monoisotopic (exact) mass is 234 g/mol. The standard InChI is InChI=1S/C11H10N2O2S/c16-11-12-10(13-15-11)8-5-6-14-9-4-2-1-3-7(8)9/h1-4,8H,5-6H2,(H,12,13,16). The molecule has 1 aromatic carbocycles. The molecule has 0 bridgehead atoms. The van der Waals surface area contributed by atoms with Crippen molar-refractivity contribution in [3.8, 4) is 5.75 Å². The van der Waals surface area contributed by atoms with Crippen LogP contribution >= 0.6 is 12.2 Å². The van der Waals surface area contributed by atoms with E-state index in [0.717, 1.165) is 23.6 Å². The van der Waals surface area contributed by atoms with Gasteiger partial charge in [0, 0.05) is 5.56 Å². The van der Waals surface area contributed by atoms with E-state index in [4.69, 9.17) is 21.5 Å². The second-order valence-corrected chi connectivity index (χ2v) is 4.04. The molecular weight excluding hydrogens is 224 g/mol. The molecule has 1 aliphatic heterocycles. The molecule has 1 aromatic heterocycles. The van der Waals surface area contributed by atoms with Crippen molar-refractivity contribution in [3.63, 3.8) is 0 Å². The zero-order valence-corrected chi connectivity index (χ0v) is 9.29. The first-order chi connectivity index (χ1) is 7.84. The van der Waals surface area contributed by atoms with E-state index in [9.17, 15) is 0 Å². The molecule has 82 valence electrons. The molecule has 1 aliphatic rings.